The Bertz CT molecular complexity index is 962. The summed E-state index contributed by atoms with van der Waals surface area (Å²) in [7, 11) is 0. The molecule has 3 aromatic rings. The predicted octanol–water partition coefficient (Wildman–Crippen LogP) is 3.40. The molecule has 29 heavy (non-hydrogen) atoms. The number of carbonyl (C=O) groups excluding carboxylic acids is 2. The summed E-state index contributed by atoms with van der Waals surface area (Å²) in [6.07, 6.45) is 3.13. The summed E-state index contributed by atoms with van der Waals surface area (Å²) in [6, 6.07) is 14.6. The van der Waals surface area contributed by atoms with Gasteiger partial charge in [0, 0.05) is 23.5 Å². The van der Waals surface area contributed by atoms with Crippen LogP contribution in [0.5, 0.6) is 5.75 Å². The zero-order chi connectivity index (χ0) is 20.6. The first-order chi connectivity index (χ1) is 14.1. The van der Waals surface area contributed by atoms with Gasteiger partial charge in [-0.1, -0.05) is 37.3 Å². The molecule has 1 heterocycles. The van der Waals surface area contributed by atoms with Gasteiger partial charge in [-0.2, -0.15) is 0 Å². The van der Waals surface area contributed by atoms with Crippen LogP contribution in [0.1, 0.15) is 25.0 Å². The number of esters is 1. The van der Waals surface area contributed by atoms with Crippen LogP contribution in [0.25, 0.3) is 10.9 Å². The van der Waals surface area contributed by atoms with Crippen LogP contribution >= 0.6 is 0 Å². The van der Waals surface area contributed by atoms with Crippen LogP contribution in [0.2, 0.25) is 0 Å². The molecule has 1 amide bonds. The third-order valence-corrected chi connectivity index (χ3v) is 4.71. The minimum absolute atomic E-state index is 0.171. The molecule has 6 heteroatoms. The van der Waals surface area contributed by atoms with Gasteiger partial charge in [0.1, 0.15) is 11.8 Å². The average molecular weight is 394 g/mol. The fraction of sp³-hybridized carbons (Fsp3) is 0.304. The summed E-state index contributed by atoms with van der Waals surface area (Å²) in [5.74, 6) is -0.220. The van der Waals surface area contributed by atoms with Gasteiger partial charge >= 0.3 is 5.97 Å². The number of carbonyl (C=O) groups is 2. The van der Waals surface area contributed by atoms with Crippen LogP contribution in [-0.4, -0.2) is 36.1 Å². The normalized spacial score (nSPS) is 11.8. The van der Waals surface area contributed by atoms with Gasteiger partial charge in [-0.3, -0.25) is 4.79 Å². The molecule has 1 aromatic heterocycles. The lowest BCUT2D eigenvalue weighted by molar-refractivity contribution is -0.147. The second-order valence-electron chi connectivity index (χ2n) is 6.72. The third kappa shape index (κ3) is 5.38. The molecule has 0 saturated heterocycles. The Morgan fingerprint density at radius 1 is 1.07 bits per heavy atom. The molecule has 0 aliphatic heterocycles. The molecule has 0 saturated carbocycles. The van der Waals surface area contributed by atoms with E-state index >= 15 is 0 Å². The lowest BCUT2D eigenvalue weighted by Gasteiger charge is -2.17. The van der Waals surface area contributed by atoms with Crippen molar-refractivity contribution in [2.75, 3.05) is 13.2 Å². The average Bonchev–Trinajstić information content (AvgIpc) is 3.15. The number of ether oxygens (including phenoxy) is 2. The van der Waals surface area contributed by atoms with Crippen LogP contribution in [-0.2, 0) is 27.2 Å². The number of hydrogen-bond acceptors (Lipinski definition) is 4. The number of H-pyrrole nitrogens is 1. The molecule has 152 valence electrons. The molecule has 2 aromatic carbocycles. The highest BCUT2D eigenvalue weighted by Gasteiger charge is 2.24. The number of para-hydroxylation sites is 1. The highest BCUT2D eigenvalue weighted by atomic mass is 16.5. The zero-order valence-electron chi connectivity index (χ0n) is 16.7. The van der Waals surface area contributed by atoms with E-state index in [-0.39, 0.29) is 19.1 Å². The minimum Gasteiger partial charge on any atom is -0.484 e. The van der Waals surface area contributed by atoms with Crippen LogP contribution < -0.4 is 10.1 Å². The molecule has 0 fully saturated rings. The first-order valence-corrected chi connectivity index (χ1v) is 9.83. The van der Waals surface area contributed by atoms with Gasteiger partial charge in [0.15, 0.2) is 6.61 Å². The number of nitrogens with one attached hydrogen (secondary N) is 2. The van der Waals surface area contributed by atoms with Crippen molar-refractivity contribution in [1.29, 1.82) is 0 Å². The molecule has 0 spiro atoms. The number of rotatable bonds is 9. The summed E-state index contributed by atoms with van der Waals surface area (Å²) in [6.45, 7) is 3.90. The van der Waals surface area contributed by atoms with Crippen molar-refractivity contribution in [1.82, 2.24) is 10.3 Å². The molecule has 2 N–H and O–H groups in total. The van der Waals surface area contributed by atoms with E-state index in [2.05, 4.69) is 17.2 Å². The Balaban J connectivity index is 1.64. The Morgan fingerprint density at radius 2 is 1.83 bits per heavy atom. The zero-order valence-corrected chi connectivity index (χ0v) is 16.7. The second kappa shape index (κ2) is 9.78. The largest absolute Gasteiger partial charge is 0.484 e. The quantitative estimate of drug-likeness (QED) is 0.545. The van der Waals surface area contributed by atoms with Crippen molar-refractivity contribution >= 4 is 22.8 Å². The molecule has 6 nitrogen and oxygen atoms in total. The molecule has 3 rings (SSSR count). The second-order valence-corrected chi connectivity index (χ2v) is 6.72. The van der Waals surface area contributed by atoms with E-state index in [1.807, 2.05) is 54.7 Å². The summed E-state index contributed by atoms with van der Waals surface area (Å²) in [5.41, 5.74) is 3.12. The fourth-order valence-corrected chi connectivity index (χ4v) is 3.16. The topological polar surface area (TPSA) is 80.4 Å². The van der Waals surface area contributed by atoms with Gasteiger partial charge in [0.25, 0.3) is 5.91 Å². The number of benzene rings is 2. The van der Waals surface area contributed by atoms with Crippen molar-refractivity contribution < 1.29 is 19.1 Å². The maximum Gasteiger partial charge on any atom is 0.328 e. The third-order valence-electron chi connectivity index (χ3n) is 4.71. The SMILES string of the molecule is CCOC(=O)[C@@H](Cc1c[nH]c2ccccc12)NC(=O)COc1ccc(CC)cc1. The Hall–Kier alpha value is -3.28. The highest BCUT2D eigenvalue weighted by Crippen LogP contribution is 2.19. The van der Waals surface area contributed by atoms with Crippen molar-refractivity contribution in [2.45, 2.75) is 32.7 Å². The van der Waals surface area contributed by atoms with E-state index in [4.69, 9.17) is 9.47 Å². The van der Waals surface area contributed by atoms with E-state index in [1.54, 1.807) is 6.92 Å². The summed E-state index contributed by atoms with van der Waals surface area (Å²) in [4.78, 5) is 28.0. The summed E-state index contributed by atoms with van der Waals surface area (Å²) in [5, 5.41) is 3.76. The van der Waals surface area contributed by atoms with Crippen LogP contribution in [0.4, 0.5) is 0 Å². The van der Waals surface area contributed by atoms with E-state index in [9.17, 15) is 9.59 Å². The number of fused-ring (bicyclic) bond motifs is 1. The highest BCUT2D eigenvalue weighted by molar-refractivity contribution is 5.87. The van der Waals surface area contributed by atoms with Gasteiger partial charge in [-0.25, -0.2) is 4.79 Å². The maximum atomic E-state index is 12.4. The van der Waals surface area contributed by atoms with E-state index in [0.717, 1.165) is 22.9 Å². The summed E-state index contributed by atoms with van der Waals surface area (Å²) < 4.78 is 10.7. The van der Waals surface area contributed by atoms with Gasteiger partial charge in [-0.05, 0) is 42.7 Å². The Morgan fingerprint density at radius 3 is 2.55 bits per heavy atom. The monoisotopic (exact) mass is 394 g/mol. The Kier molecular flexibility index (Phi) is 6.89. The molecular formula is C23H26N2O4. The smallest absolute Gasteiger partial charge is 0.328 e. The number of aromatic amines is 1. The first kappa shape index (κ1) is 20.5. The molecule has 0 radical (unpaired) electrons. The lowest BCUT2D eigenvalue weighted by atomic mass is 10.0. The molecule has 0 aliphatic rings. The van der Waals surface area contributed by atoms with Gasteiger partial charge in [-0.15, -0.1) is 0 Å². The van der Waals surface area contributed by atoms with Gasteiger partial charge in [0.2, 0.25) is 0 Å². The van der Waals surface area contributed by atoms with Crippen molar-refractivity contribution in [2.24, 2.45) is 0 Å². The molecule has 1 atom stereocenters. The van der Waals surface area contributed by atoms with Gasteiger partial charge in [0.05, 0.1) is 6.61 Å². The van der Waals surface area contributed by atoms with Crippen molar-refractivity contribution in [3.63, 3.8) is 0 Å². The minimum atomic E-state index is -0.785. The van der Waals surface area contributed by atoms with E-state index in [0.29, 0.717) is 12.2 Å². The van der Waals surface area contributed by atoms with Gasteiger partial charge < -0.3 is 19.8 Å². The van der Waals surface area contributed by atoms with E-state index in [1.165, 1.54) is 5.56 Å². The Labute approximate surface area is 170 Å². The van der Waals surface area contributed by atoms with Crippen LogP contribution in [0, 0.1) is 0 Å². The summed E-state index contributed by atoms with van der Waals surface area (Å²) >= 11 is 0. The lowest BCUT2D eigenvalue weighted by Crippen LogP contribution is -2.45. The van der Waals surface area contributed by atoms with E-state index < -0.39 is 12.0 Å². The molecule has 0 unspecified atom stereocenters. The predicted molar refractivity (Wildman–Crippen MR) is 112 cm³/mol. The van der Waals surface area contributed by atoms with Crippen molar-refractivity contribution in [3.8, 4) is 5.75 Å². The molecule has 0 aliphatic carbocycles. The maximum absolute atomic E-state index is 12.4. The number of amides is 1. The molecule has 0 bridgehead atoms. The number of hydrogen-bond donors (Lipinski definition) is 2. The number of aromatic nitrogens is 1. The standard InChI is InChI=1S/C23H26N2O4/c1-3-16-9-11-18(12-10-16)29-15-22(26)25-21(23(27)28-4-2)13-17-14-24-20-8-6-5-7-19(17)20/h5-12,14,21,24H,3-4,13,15H2,1-2H3,(H,25,26)/t21-/m1/s1. The number of aryl methyl sites for hydroxylation is 1. The van der Waals surface area contributed by atoms with Crippen LogP contribution in [0.15, 0.2) is 54.7 Å². The van der Waals surface area contributed by atoms with Crippen molar-refractivity contribution in [3.05, 3.63) is 65.9 Å². The first-order valence-electron chi connectivity index (χ1n) is 9.83. The fourth-order valence-electron chi connectivity index (χ4n) is 3.16. The molecular weight excluding hydrogens is 368 g/mol. The van der Waals surface area contributed by atoms with Crippen LogP contribution in [0.3, 0.4) is 0 Å².